The van der Waals surface area contributed by atoms with Crippen molar-refractivity contribution in [1.29, 1.82) is 5.26 Å². The first-order chi connectivity index (χ1) is 9.40. The summed E-state index contributed by atoms with van der Waals surface area (Å²) in [6, 6.07) is 12.9. The summed E-state index contributed by atoms with van der Waals surface area (Å²) in [5.74, 6) is 1.30. The van der Waals surface area contributed by atoms with Crippen LogP contribution < -0.4 is 0 Å². The minimum absolute atomic E-state index is 0.285. The Morgan fingerprint density at radius 2 is 1.84 bits per heavy atom. The van der Waals surface area contributed by atoms with Gasteiger partial charge in [-0.1, -0.05) is 30.3 Å². The van der Waals surface area contributed by atoms with Gasteiger partial charge in [-0.05, 0) is 24.8 Å². The fourth-order valence-electron chi connectivity index (χ4n) is 2.91. The van der Waals surface area contributed by atoms with E-state index in [-0.39, 0.29) is 5.92 Å². The molecule has 0 amide bonds. The van der Waals surface area contributed by atoms with Crippen LogP contribution >= 0.6 is 11.8 Å². The average Bonchev–Trinajstić information content (AvgIpc) is 2.93. The summed E-state index contributed by atoms with van der Waals surface area (Å²) < 4.78 is 0. The molecule has 1 fully saturated rings. The molecule has 1 unspecified atom stereocenters. The number of thioether (sulfide) groups is 1. The molecule has 2 aliphatic rings. The molecule has 2 aliphatic heterocycles. The van der Waals surface area contributed by atoms with Crippen LogP contribution in [0.5, 0.6) is 0 Å². The monoisotopic (exact) mass is 270 g/mol. The molecule has 1 aromatic carbocycles. The highest BCUT2D eigenvalue weighted by atomic mass is 32.2. The number of nitriles is 1. The van der Waals surface area contributed by atoms with Crippen LogP contribution in [0.4, 0.5) is 0 Å². The molecule has 0 N–H and O–H groups in total. The summed E-state index contributed by atoms with van der Waals surface area (Å²) >= 11 is 1.87. The molecule has 2 heterocycles. The zero-order chi connectivity index (χ0) is 13.1. The molecule has 19 heavy (non-hydrogen) atoms. The van der Waals surface area contributed by atoms with Gasteiger partial charge in [0.2, 0.25) is 0 Å². The minimum Gasteiger partial charge on any atom is -0.366 e. The Morgan fingerprint density at radius 1 is 1.11 bits per heavy atom. The van der Waals surface area contributed by atoms with Gasteiger partial charge >= 0.3 is 0 Å². The molecule has 3 heteroatoms. The van der Waals surface area contributed by atoms with Crippen molar-refractivity contribution < 1.29 is 0 Å². The fourth-order valence-corrected chi connectivity index (χ4v) is 4.30. The Morgan fingerprint density at radius 3 is 2.53 bits per heavy atom. The van der Waals surface area contributed by atoms with Gasteiger partial charge in [-0.3, -0.25) is 0 Å². The van der Waals surface area contributed by atoms with E-state index in [2.05, 4.69) is 35.2 Å². The SMILES string of the molecule is N#CC1=C(N2CCCCC2)SCC1c1ccccc1. The van der Waals surface area contributed by atoms with Crippen molar-refractivity contribution in [2.45, 2.75) is 25.2 Å². The zero-order valence-electron chi connectivity index (χ0n) is 11.0. The summed E-state index contributed by atoms with van der Waals surface area (Å²) in [6.07, 6.45) is 3.86. The van der Waals surface area contributed by atoms with Gasteiger partial charge < -0.3 is 4.90 Å². The van der Waals surface area contributed by atoms with E-state index in [9.17, 15) is 5.26 Å². The highest BCUT2D eigenvalue weighted by Gasteiger charge is 2.31. The lowest BCUT2D eigenvalue weighted by Gasteiger charge is -2.29. The van der Waals surface area contributed by atoms with Gasteiger partial charge in [0.05, 0.1) is 16.7 Å². The lowest BCUT2D eigenvalue weighted by Crippen LogP contribution is -2.28. The smallest absolute Gasteiger partial charge is 0.0981 e. The Hall–Kier alpha value is -1.40. The molecule has 1 aromatic rings. The molecule has 1 saturated heterocycles. The molecule has 3 rings (SSSR count). The zero-order valence-corrected chi connectivity index (χ0v) is 11.8. The van der Waals surface area contributed by atoms with E-state index < -0.39 is 0 Å². The second-order valence-electron chi connectivity index (χ2n) is 5.15. The highest BCUT2D eigenvalue weighted by molar-refractivity contribution is 8.03. The Kier molecular flexibility index (Phi) is 3.79. The maximum atomic E-state index is 9.55. The Bertz CT molecular complexity index is 509. The minimum atomic E-state index is 0.285. The normalized spacial score (nSPS) is 23.5. The molecule has 0 aliphatic carbocycles. The maximum Gasteiger partial charge on any atom is 0.0981 e. The van der Waals surface area contributed by atoms with Crippen molar-refractivity contribution in [3.05, 3.63) is 46.5 Å². The summed E-state index contributed by atoms with van der Waals surface area (Å²) in [4.78, 5) is 2.43. The molecule has 2 nitrogen and oxygen atoms in total. The predicted molar refractivity (Wildman–Crippen MR) is 79.7 cm³/mol. The quantitative estimate of drug-likeness (QED) is 0.819. The van der Waals surface area contributed by atoms with E-state index in [0.717, 1.165) is 24.4 Å². The summed E-state index contributed by atoms with van der Waals surface area (Å²) in [6.45, 7) is 2.24. The van der Waals surface area contributed by atoms with Gasteiger partial charge in [0.15, 0.2) is 0 Å². The van der Waals surface area contributed by atoms with Crippen molar-refractivity contribution >= 4 is 11.8 Å². The number of allylic oxidation sites excluding steroid dienone is 1. The van der Waals surface area contributed by atoms with Crippen LogP contribution in [0.2, 0.25) is 0 Å². The van der Waals surface area contributed by atoms with Crippen LogP contribution in [-0.4, -0.2) is 23.7 Å². The maximum absolute atomic E-state index is 9.55. The van der Waals surface area contributed by atoms with Gasteiger partial charge in [-0.25, -0.2) is 0 Å². The lowest BCUT2D eigenvalue weighted by atomic mass is 9.94. The number of rotatable bonds is 2. The van der Waals surface area contributed by atoms with Crippen molar-refractivity contribution in [2.75, 3.05) is 18.8 Å². The number of nitrogens with zero attached hydrogens (tertiary/aromatic N) is 2. The standard InChI is InChI=1S/C16H18N2S/c17-11-14-15(13-7-3-1-4-8-13)12-19-16(14)18-9-5-2-6-10-18/h1,3-4,7-8,15H,2,5-6,9-10,12H2. The molecule has 0 saturated carbocycles. The third kappa shape index (κ3) is 2.50. The van der Waals surface area contributed by atoms with E-state index in [1.807, 2.05) is 17.8 Å². The number of piperidine rings is 1. The molecule has 1 atom stereocenters. The second-order valence-corrected chi connectivity index (χ2v) is 6.16. The predicted octanol–water partition coefficient (Wildman–Crippen LogP) is 3.74. The Labute approximate surface area is 119 Å². The van der Waals surface area contributed by atoms with Crippen molar-refractivity contribution in [2.24, 2.45) is 0 Å². The number of hydrogen-bond acceptors (Lipinski definition) is 3. The van der Waals surface area contributed by atoms with Gasteiger partial charge in [-0.2, -0.15) is 5.26 Å². The number of likely N-dealkylation sites (tertiary alicyclic amines) is 1. The van der Waals surface area contributed by atoms with Crippen LogP contribution in [0.1, 0.15) is 30.7 Å². The Balaban J connectivity index is 1.89. The lowest BCUT2D eigenvalue weighted by molar-refractivity contribution is 0.301. The first-order valence-corrected chi connectivity index (χ1v) is 7.95. The molecular weight excluding hydrogens is 252 g/mol. The van der Waals surface area contributed by atoms with E-state index in [1.165, 1.54) is 29.9 Å². The molecule has 0 aromatic heterocycles. The van der Waals surface area contributed by atoms with Gasteiger partial charge in [0, 0.05) is 24.8 Å². The van der Waals surface area contributed by atoms with Crippen LogP contribution in [-0.2, 0) is 0 Å². The molecule has 98 valence electrons. The summed E-state index contributed by atoms with van der Waals surface area (Å²) in [7, 11) is 0. The van der Waals surface area contributed by atoms with Crippen molar-refractivity contribution in [1.82, 2.24) is 4.90 Å². The number of hydrogen-bond donors (Lipinski definition) is 0. The molecule has 0 spiro atoms. The van der Waals surface area contributed by atoms with E-state index in [1.54, 1.807) is 0 Å². The first-order valence-electron chi connectivity index (χ1n) is 6.97. The van der Waals surface area contributed by atoms with Crippen LogP contribution in [0, 0.1) is 11.3 Å². The largest absolute Gasteiger partial charge is 0.366 e. The van der Waals surface area contributed by atoms with Crippen molar-refractivity contribution in [3.8, 4) is 6.07 Å². The second kappa shape index (κ2) is 5.71. The number of benzene rings is 1. The summed E-state index contributed by atoms with van der Waals surface area (Å²) in [5, 5.41) is 10.8. The van der Waals surface area contributed by atoms with E-state index in [4.69, 9.17) is 0 Å². The molecule has 0 radical (unpaired) electrons. The fraction of sp³-hybridized carbons (Fsp3) is 0.438. The first kappa shape index (κ1) is 12.6. The molecular formula is C16H18N2S. The highest BCUT2D eigenvalue weighted by Crippen LogP contribution is 2.43. The van der Waals surface area contributed by atoms with Crippen molar-refractivity contribution in [3.63, 3.8) is 0 Å². The van der Waals surface area contributed by atoms with E-state index >= 15 is 0 Å². The van der Waals surface area contributed by atoms with Gasteiger partial charge in [-0.15, -0.1) is 11.8 Å². The van der Waals surface area contributed by atoms with Crippen LogP contribution in [0.3, 0.4) is 0 Å². The average molecular weight is 270 g/mol. The van der Waals surface area contributed by atoms with Gasteiger partial charge in [0.1, 0.15) is 0 Å². The van der Waals surface area contributed by atoms with Crippen LogP contribution in [0.15, 0.2) is 40.9 Å². The third-order valence-electron chi connectivity index (χ3n) is 3.93. The van der Waals surface area contributed by atoms with Crippen LogP contribution in [0.25, 0.3) is 0 Å². The topological polar surface area (TPSA) is 27.0 Å². The summed E-state index contributed by atoms with van der Waals surface area (Å²) in [5.41, 5.74) is 2.26. The third-order valence-corrected chi connectivity index (χ3v) is 5.18. The van der Waals surface area contributed by atoms with Gasteiger partial charge in [0.25, 0.3) is 0 Å². The van der Waals surface area contributed by atoms with E-state index in [0.29, 0.717) is 0 Å². The molecule has 0 bridgehead atoms.